The first-order valence-corrected chi connectivity index (χ1v) is 8.33. The molecule has 1 amide bonds. The first kappa shape index (κ1) is 16.5. The van der Waals surface area contributed by atoms with Gasteiger partial charge in [0.15, 0.2) is 5.65 Å². The zero-order valence-corrected chi connectivity index (χ0v) is 14.6. The van der Waals surface area contributed by atoms with Crippen LogP contribution in [0.25, 0.3) is 5.65 Å². The minimum atomic E-state index is -0.533. The largest absolute Gasteiger partial charge is 0.444 e. The molecule has 24 heavy (non-hydrogen) atoms. The molecule has 1 unspecified atom stereocenters. The van der Waals surface area contributed by atoms with E-state index < -0.39 is 5.60 Å². The number of amides is 1. The average Bonchev–Trinajstić information content (AvgIpc) is 2.89. The number of nitrogens with zero attached hydrogens (tertiary/aromatic N) is 3. The van der Waals surface area contributed by atoms with Gasteiger partial charge in [0.05, 0.1) is 11.7 Å². The summed E-state index contributed by atoms with van der Waals surface area (Å²) >= 11 is 0. The lowest BCUT2D eigenvalue weighted by Gasteiger charge is -2.36. The van der Waals surface area contributed by atoms with Crippen molar-refractivity contribution in [2.24, 2.45) is 0 Å². The van der Waals surface area contributed by atoms with Crippen LogP contribution in [0.2, 0.25) is 0 Å². The smallest absolute Gasteiger partial charge is 0.410 e. The number of piperidine rings is 1. The molecule has 130 valence electrons. The van der Waals surface area contributed by atoms with Gasteiger partial charge in [0.2, 0.25) is 0 Å². The highest BCUT2D eigenvalue weighted by Crippen LogP contribution is 2.31. The summed E-state index contributed by atoms with van der Waals surface area (Å²) in [6.07, 6.45) is 2.50. The predicted octanol–water partition coefficient (Wildman–Crippen LogP) is 2.79. The molecular formula is C17H24N4O3. The van der Waals surface area contributed by atoms with Crippen molar-refractivity contribution < 1.29 is 9.53 Å². The summed E-state index contributed by atoms with van der Waals surface area (Å²) in [5, 5.41) is 3.10. The average molecular weight is 332 g/mol. The number of rotatable bonds is 1. The minimum Gasteiger partial charge on any atom is -0.444 e. The number of likely N-dealkylation sites (tertiary alicyclic amines) is 1. The lowest BCUT2D eigenvalue weighted by atomic mass is 10.00. The lowest BCUT2D eigenvalue weighted by molar-refractivity contribution is 0.00897. The molecule has 1 saturated heterocycles. The fraction of sp³-hybridized carbons (Fsp3) is 0.588. The number of carbonyl (C=O) groups excluding carboxylic acids is 1. The van der Waals surface area contributed by atoms with Crippen LogP contribution < -0.4 is 5.56 Å². The summed E-state index contributed by atoms with van der Waals surface area (Å²) < 4.78 is 6.96. The number of aromatic nitrogens is 3. The van der Waals surface area contributed by atoms with Crippen LogP contribution >= 0.6 is 0 Å². The predicted molar refractivity (Wildman–Crippen MR) is 90.1 cm³/mol. The van der Waals surface area contributed by atoms with Crippen LogP contribution in [-0.2, 0) is 4.74 Å². The maximum atomic E-state index is 12.5. The highest BCUT2D eigenvalue weighted by molar-refractivity contribution is 5.69. The van der Waals surface area contributed by atoms with Crippen molar-refractivity contribution in [3.63, 3.8) is 0 Å². The molecule has 1 atom stereocenters. The van der Waals surface area contributed by atoms with E-state index in [2.05, 4.69) is 10.1 Å². The third-order valence-corrected chi connectivity index (χ3v) is 4.09. The van der Waals surface area contributed by atoms with Crippen molar-refractivity contribution in [3.05, 3.63) is 33.9 Å². The molecule has 7 nitrogen and oxygen atoms in total. The molecule has 1 aliphatic heterocycles. The Morgan fingerprint density at radius 2 is 2.08 bits per heavy atom. The lowest BCUT2D eigenvalue weighted by Crippen LogP contribution is -2.42. The van der Waals surface area contributed by atoms with Crippen LogP contribution in [0.5, 0.6) is 0 Å². The van der Waals surface area contributed by atoms with Gasteiger partial charge in [-0.3, -0.25) is 14.8 Å². The molecule has 0 spiro atoms. The molecule has 7 heteroatoms. The Kier molecular flexibility index (Phi) is 4.11. The molecule has 2 aromatic heterocycles. The topological polar surface area (TPSA) is 79.7 Å². The van der Waals surface area contributed by atoms with Crippen molar-refractivity contribution in [2.75, 3.05) is 6.54 Å². The van der Waals surface area contributed by atoms with E-state index in [9.17, 15) is 9.59 Å². The summed E-state index contributed by atoms with van der Waals surface area (Å²) in [5.41, 5.74) is 1.39. The molecule has 0 radical (unpaired) electrons. The molecule has 0 saturated carbocycles. The number of ether oxygens (including phenoxy) is 1. The molecule has 2 aromatic rings. The van der Waals surface area contributed by atoms with Crippen molar-refractivity contribution in [2.45, 2.75) is 58.6 Å². The van der Waals surface area contributed by atoms with Gasteiger partial charge < -0.3 is 4.74 Å². The highest BCUT2D eigenvalue weighted by Gasteiger charge is 2.32. The number of carbonyl (C=O) groups is 1. The second kappa shape index (κ2) is 5.96. The Hall–Kier alpha value is -2.31. The maximum Gasteiger partial charge on any atom is 0.410 e. The second-order valence-corrected chi connectivity index (χ2v) is 7.33. The van der Waals surface area contributed by atoms with Gasteiger partial charge in [-0.15, -0.1) is 0 Å². The molecule has 1 fully saturated rings. The van der Waals surface area contributed by atoms with Crippen LogP contribution in [-0.4, -0.2) is 37.7 Å². The Labute approximate surface area is 140 Å². The Morgan fingerprint density at radius 3 is 2.79 bits per heavy atom. The van der Waals surface area contributed by atoms with Gasteiger partial charge in [0.1, 0.15) is 5.60 Å². The number of hydrogen-bond donors (Lipinski definition) is 1. The number of hydrogen-bond acceptors (Lipinski definition) is 4. The first-order valence-electron chi connectivity index (χ1n) is 8.33. The van der Waals surface area contributed by atoms with Crippen molar-refractivity contribution >= 4 is 11.7 Å². The number of nitrogens with one attached hydrogen (secondary N) is 1. The molecular weight excluding hydrogens is 308 g/mol. The summed E-state index contributed by atoms with van der Waals surface area (Å²) in [5.74, 6) is 0. The van der Waals surface area contributed by atoms with E-state index in [0.29, 0.717) is 17.9 Å². The quantitative estimate of drug-likeness (QED) is 0.871. The number of H-pyrrole nitrogens is 1. The zero-order chi connectivity index (χ0) is 17.5. The summed E-state index contributed by atoms with van der Waals surface area (Å²) in [6, 6.07) is 3.21. The van der Waals surface area contributed by atoms with Crippen molar-refractivity contribution in [1.29, 1.82) is 0 Å². The van der Waals surface area contributed by atoms with Gasteiger partial charge in [-0.25, -0.2) is 14.3 Å². The fourth-order valence-electron chi connectivity index (χ4n) is 3.09. The minimum absolute atomic E-state index is 0.130. The number of fused-ring (bicyclic) bond motifs is 1. The standard InChI is InChI=1S/C17H24N4O3/c1-11-9-15(22)21-14(18-11)10-12(19-21)13-7-5-6-8-20(13)16(23)24-17(2,3)4/h9-10,13,19H,5-8H2,1-4H3. The van der Waals surface area contributed by atoms with E-state index in [1.165, 1.54) is 10.6 Å². The van der Waals surface area contributed by atoms with Gasteiger partial charge in [0, 0.05) is 24.4 Å². The van der Waals surface area contributed by atoms with Crippen LogP contribution in [0.1, 0.15) is 57.5 Å². The number of aromatic amines is 1. The van der Waals surface area contributed by atoms with Crippen molar-refractivity contribution in [1.82, 2.24) is 19.5 Å². The van der Waals surface area contributed by atoms with E-state index >= 15 is 0 Å². The fourth-order valence-corrected chi connectivity index (χ4v) is 3.09. The molecule has 0 aliphatic carbocycles. The van der Waals surface area contributed by atoms with Gasteiger partial charge in [-0.05, 0) is 47.0 Å². The van der Waals surface area contributed by atoms with E-state index in [4.69, 9.17) is 4.74 Å². The van der Waals surface area contributed by atoms with E-state index in [1.54, 1.807) is 11.8 Å². The van der Waals surface area contributed by atoms with E-state index in [1.807, 2.05) is 26.8 Å². The van der Waals surface area contributed by atoms with Crippen LogP contribution in [0.4, 0.5) is 4.79 Å². The SMILES string of the molecule is Cc1cc(=O)n2[nH]c(C3CCCCN3C(=O)OC(C)(C)C)cc2n1. The summed E-state index contributed by atoms with van der Waals surface area (Å²) in [6.45, 7) is 8.02. The normalized spacial score (nSPS) is 18.8. The monoisotopic (exact) mass is 332 g/mol. The Bertz CT molecular complexity index is 815. The molecule has 3 heterocycles. The van der Waals surface area contributed by atoms with Crippen molar-refractivity contribution in [3.8, 4) is 0 Å². The third kappa shape index (κ3) is 3.29. The molecule has 0 bridgehead atoms. The maximum absolute atomic E-state index is 12.5. The van der Waals surface area contributed by atoms with Crippen LogP contribution in [0.15, 0.2) is 16.9 Å². The van der Waals surface area contributed by atoms with Gasteiger partial charge in [-0.2, -0.15) is 0 Å². The van der Waals surface area contributed by atoms with E-state index in [0.717, 1.165) is 25.0 Å². The first-order chi connectivity index (χ1) is 11.2. The Balaban J connectivity index is 1.95. The van der Waals surface area contributed by atoms with Gasteiger partial charge in [0.25, 0.3) is 5.56 Å². The highest BCUT2D eigenvalue weighted by atomic mass is 16.6. The molecule has 1 aliphatic rings. The van der Waals surface area contributed by atoms with Gasteiger partial charge >= 0.3 is 6.09 Å². The molecule has 1 N–H and O–H groups in total. The van der Waals surface area contributed by atoms with Crippen LogP contribution in [0.3, 0.4) is 0 Å². The number of aryl methyl sites for hydroxylation is 1. The summed E-state index contributed by atoms with van der Waals surface area (Å²) in [4.78, 5) is 30.8. The Morgan fingerprint density at radius 1 is 1.33 bits per heavy atom. The molecule has 0 aromatic carbocycles. The summed E-state index contributed by atoms with van der Waals surface area (Å²) in [7, 11) is 0. The zero-order valence-electron chi connectivity index (χ0n) is 14.6. The van der Waals surface area contributed by atoms with Gasteiger partial charge in [-0.1, -0.05) is 0 Å². The van der Waals surface area contributed by atoms with E-state index in [-0.39, 0.29) is 17.7 Å². The second-order valence-electron chi connectivity index (χ2n) is 7.33. The molecule has 3 rings (SSSR count). The third-order valence-electron chi connectivity index (χ3n) is 4.09. The van der Waals surface area contributed by atoms with Crippen LogP contribution in [0, 0.1) is 6.92 Å².